The molecule has 1 saturated heterocycles. The van der Waals surface area contributed by atoms with Gasteiger partial charge in [0, 0.05) is 0 Å². The van der Waals surface area contributed by atoms with Crippen LogP contribution in [0, 0.1) is 5.92 Å². The first-order valence-corrected chi connectivity index (χ1v) is 4.51. The van der Waals surface area contributed by atoms with E-state index >= 15 is 0 Å². The quantitative estimate of drug-likeness (QED) is 0.520. The van der Waals surface area contributed by atoms with Gasteiger partial charge in [-0.3, -0.25) is 19.2 Å². The van der Waals surface area contributed by atoms with E-state index < -0.39 is 29.8 Å². The van der Waals surface area contributed by atoms with Crippen LogP contribution in [-0.4, -0.2) is 34.1 Å². The van der Waals surface area contributed by atoms with Crippen molar-refractivity contribution < 1.29 is 34.1 Å². The fourth-order valence-corrected chi connectivity index (χ4v) is 0.782. The fraction of sp³-hybridized carbons (Fsp3) is 0.556. The third kappa shape index (κ3) is 6.52. The van der Waals surface area contributed by atoms with Crippen LogP contribution in [-0.2, 0) is 23.9 Å². The summed E-state index contributed by atoms with van der Waals surface area (Å²) in [5, 5.41) is 16.2. The molecule has 0 aromatic heterocycles. The van der Waals surface area contributed by atoms with Crippen molar-refractivity contribution in [1.29, 1.82) is 0 Å². The zero-order chi connectivity index (χ0) is 12.7. The van der Waals surface area contributed by atoms with Gasteiger partial charge in [-0.25, -0.2) is 0 Å². The van der Waals surface area contributed by atoms with Crippen LogP contribution in [0.3, 0.4) is 0 Å². The number of carboxylic acid groups (broad SMARTS) is 2. The van der Waals surface area contributed by atoms with E-state index in [1.807, 2.05) is 0 Å². The van der Waals surface area contributed by atoms with Crippen LogP contribution in [0.4, 0.5) is 0 Å². The second-order valence-corrected chi connectivity index (χ2v) is 3.18. The number of rotatable bonds is 3. The van der Waals surface area contributed by atoms with Crippen molar-refractivity contribution in [2.45, 2.75) is 26.2 Å². The Morgan fingerprint density at radius 2 is 1.69 bits per heavy atom. The van der Waals surface area contributed by atoms with Crippen LogP contribution in [0.5, 0.6) is 0 Å². The summed E-state index contributed by atoms with van der Waals surface area (Å²) < 4.78 is 4.08. The summed E-state index contributed by atoms with van der Waals surface area (Å²) in [5.41, 5.74) is 0. The highest BCUT2D eigenvalue weighted by atomic mass is 16.6. The number of hydrogen-bond acceptors (Lipinski definition) is 5. The Bertz CT molecular complexity index is 293. The molecule has 16 heavy (non-hydrogen) atoms. The number of carbonyl (C=O) groups is 4. The van der Waals surface area contributed by atoms with E-state index in [0.29, 0.717) is 0 Å². The Hall–Kier alpha value is -1.92. The highest BCUT2D eigenvalue weighted by Crippen LogP contribution is 2.03. The summed E-state index contributed by atoms with van der Waals surface area (Å²) in [4.78, 5) is 39.8. The van der Waals surface area contributed by atoms with Crippen LogP contribution in [0.1, 0.15) is 26.2 Å². The molecular formula is C9H12O7. The largest absolute Gasteiger partial charge is 0.481 e. The molecular weight excluding hydrogens is 220 g/mol. The van der Waals surface area contributed by atoms with Gasteiger partial charge in [0.15, 0.2) is 0 Å². The van der Waals surface area contributed by atoms with E-state index in [1.54, 1.807) is 0 Å². The monoisotopic (exact) mass is 232 g/mol. The first kappa shape index (κ1) is 14.1. The van der Waals surface area contributed by atoms with Crippen LogP contribution in [0.15, 0.2) is 0 Å². The Kier molecular flexibility index (Phi) is 5.76. The van der Waals surface area contributed by atoms with Gasteiger partial charge in [-0.15, -0.1) is 0 Å². The van der Waals surface area contributed by atoms with Crippen LogP contribution >= 0.6 is 0 Å². The van der Waals surface area contributed by atoms with Gasteiger partial charge < -0.3 is 14.9 Å². The molecule has 1 rings (SSSR count). The molecule has 0 aromatic carbocycles. The molecule has 2 N–H and O–H groups in total. The lowest BCUT2D eigenvalue weighted by Crippen LogP contribution is -2.13. The summed E-state index contributed by atoms with van der Waals surface area (Å²) in [6, 6.07) is 0. The molecule has 0 radical (unpaired) electrons. The smallest absolute Gasteiger partial charge is 0.314 e. The maximum Gasteiger partial charge on any atom is 0.314 e. The van der Waals surface area contributed by atoms with Crippen LogP contribution in [0.25, 0.3) is 0 Å². The highest BCUT2D eigenvalue weighted by molar-refractivity contribution is 5.92. The summed E-state index contributed by atoms with van der Waals surface area (Å²) in [7, 11) is 0. The van der Waals surface area contributed by atoms with E-state index in [-0.39, 0.29) is 19.3 Å². The first-order chi connectivity index (χ1) is 7.32. The van der Waals surface area contributed by atoms with Crippen molar-refractivity contribution in [3.05, 3.63) is 0 Å². The van der Waals surface area contributed by atoms with Crippen molar-refractivity contribution in [2.75, 3.05) is 0 Å². The summed E-state index contributed by atoms with van der Waals surface area (Å²) in [5.74, 6) is -3.74. The summed E-state index contributed by atoms with van der Waals surface area (Å²) in [6.07, 6.45) is 0.215. The van der Waals surface area contributed by atoms with Crippen molar-refractivity contribution in [3.8, 4) is 0 Å². The van der Waals surface area contributed by atoms with Gasteiger partial charge in [0.2, 0.25) is 0 Å². The highest BCUT2D eigenvalue weighted by Gasteiger charge is 2.19. The van der Waals surface area contributed by atoms with Gasteiger partial charge in [-0.1, -0.05) is 6.92 Å². The zero-order valence-corrected chi connectivity index (χ0v) is 8.63. The molecule has 0 aromatic rings. The molecule has 0 aliphatic carbocycles. The predicted molar refractivity (Wildman–Crippen MR) is 49.4 cm³/mol. The van der Waals surface area contributed by atoms with E-state index in [1.165, 1.54) is 6.92 Å². The van der Waals surface area contributed by atoms with Crippen molar-refractivity contribution >= 4 is 23.9 Å². The maximum absolute atomic E-state index is 10.0. The fourth-order valence-electron chi connectivity index (χ4n) is 0.782. The van der Waals surface area contributed by atoms with Gasteiger partial charge in [0.05, 0.1) is 25.2 Å². The number of carboxylic acids is 2. The molecule has 90 valence electrons. The Labute approximate surface area is 91.0 Å². The number of carbonyl (C=O) groups excluding carboxylic acids is 2. The van der Waals surface area contributed by atoms with Gasteiger partial charge in [-0.2, -0.15) is 0 Å². The lowest BCUT2D eigenvalue weighted by atomic mass is 10.1. The maximum atomic E-state index is 10.0. The normalized spacial score (nSPS) is 15.8. The van der Waals surface area contributed by atoms with Gasteiger partial charge >= 0.3 is 23.9 Å². The second-order valence-electron chi connectivity index (χ2n) is 3.18. The molecule has 1 unspecified atom stereocenters. The standard InChI is InChI=1S/C5H8O4.C4H4O3/c1-3(5(8)9)2-4(6)7;5-3-1-2-4(6)7-3/h3H,2H2,1H3,(H,6,7)(H,8,9);1-2H2. The number of ether oxygens (including phenoxy) is 1. The minimum atomic E-state index is -1.08. The Morgan fingerprint density at radius 1 is 1.25 bits per heavy atom. The van der Waals surface area contributed by atoms with Gasteiger partial charge in [-0.05, 0) is 0 Å². The third-order valence-electron chi connectivity index (χ3n) is 1.66. The SMILES string of the molecule is CC(CC(=O)O)C(=O)O.O=C1CCC(=O)O1. The molecule has 1 aliphatic rings. The van der Waals surface area contributed by atoms with E-state index in [0.717, 1.165) is 0 Å². The minimum absolute atomic E-state index is 0.263. The Balaban J connectivity index is 0.000000288. The van der Waals surface area contributed by atoms with Gasteiger partial charge in [0.25, 0.3) is 0 Å². The molecule has 0 bridgehead atoms. The molecule has 1 heterocycles. The van der Waals surface area contributed by atoms with Crippen LogP contribution in [0.2, 0.25) is 0 Å². The third-order valence-corrected chi connectivity index (χ3v) is 1.66. The average Bonchev–Trinajstić information content (AvgIpc) is 2.49. The van der Waals surface area contributed by atoms with E-state index in [4.69, 9.17) is 10.2 Å². The minimum Gasteiger partial charge on any atom is -0.481 e. The number of aliphatic carboxylic acids is 2. The van der Waals surface area contributed by atoms with Crippen LogP contribution < -0.4 is 0 Å². The van der Waals surface area contributed by atoms with E-state index in [9.17, 15) is 19.2 Å². The van der Waals surface area contributed by atoms with Crippen molar-refractivity contribution in [1.82, 2.24) is 0 Å². The molecule has 0 spiro atoms. The average molecular weight is 232 g/mol. The zero-order valence-electron chi connectivity index (χ0n) is 8.63. The molecule has 0 saturated carbocycles. The Morgan fingerprint density at radius 3 is 1.81 bits per heavy atom. The summed E-state index contributed by atoms with van der Waals surface area (Å²) >= 11 is 0. The lowest BCUT2D eigenvalue weighted by Gasteiger charge is -1.98. The molecule has 0 amide bonds. The lowest BCUT2D eigenvalue weighted by molar-refractivity contribution is -0.152. The number of cyclic esters (lactones) is 2. The van der Waals surface area contributed by atoms with E-state index in [2.05, 4.69) is 4.74 Å². The molecule has 7 nitrogen and oxygen atoms in total. The van der Waals surface area contributed by atoms with Gasteiger partial charge in [0.1, 0.15) is 0 Å². The molecule has 1 aliphatic heterocycles. The first-order valence-electron chi connectivity index (χ1n) is 4.51. The topological polar surface area (TPSA) is 118 Å². The number of hydrogen-bond donors (Lipinski definition) is 2. The second kappa shape index (κ2) is 6.54. The van der Waals surface area contributed by atoms with Crippen molar-refractivity contribution in [3.63, 3.8) is 0 Å². The molecule has 7 heteroatoms. The predicted octanol–water partition coefficient (Wildman–Crippen LogP) is 0.0318. The summed E-state index contributed by atoms with van der Waals surface area (Å²) in [6.45, 7) is 1.36. The van der Waals surface area contributed by atoms with Crippen molar-refractivity contribution in [2.24, 2.45) is 5.92 Å². The number of esters is 2. The molecule has 1 atom stereocenters. The molecule has 1 fully saturated rings.